The third kappa shape index (κ3) is 3.44. The number of H-pyrrole nitrogens is 1. The summed E-state index contributed by atoms with van der Waals surface area (Å²) in [6, 6.07) is 8.67. The zero-order chi connectivity index (χ0) is 16.6. The van der Waals surface area contributed by atoms with Crippen LogP contribution in [0.2, 0.25) is 0 Å². The summed E-state index contributed by atoms with van der Waals surface area (Å²) in [6.45, 7) is 9.77. The maximum Gasteiger partial charge on any atom is 0.227 e. The molecular formula is C20H28N2O. The van der Waals surface area contributed by atoms with Gasteiger partial charge in [-0.25, -0.2) is 0 Å². The van der Waals surface area contributed by atoms with Gasteiger partial charge in [0.25, 0.3) is 0 Å². The van der Waals surface area contributed by atoms with E-state index in [1.165, 1.54) is 5.39 Å². The molecule has 1 aromatic heterocycles. The van der Waals surface area contributed by atoms with E-state index in [1.807, 2.05) is 12.1 Å². The fourth-order valence-corrected chi connectivity index (χ4v) is 3.90. The molecule has 1 amide bonds. The second-order valence-corrected chi connectivity index (χ2v) is 8.10. The number of hydrogen-bond acceptors (Lipinski definition) is 1. The van der Waals surface area contributed by atoms with Crippen LogP contribution in [0.4, 0.5) is 0 Å². The number of hydrogen-bond donors (Lipinski definition) is 1. The van der Waals surface area contributed by atoms with Crippen molar-refractivity contribution in [2.45, 2.75) is 59.4 Å². The number of rotatable bonds is 3. The molecule has 1 aliphatic rings. The molecule has 0 radical (unpaired) electrons. The van der Waals surface area contributed by atoms with Crippen LogP contribution in [0.5, 0.6) is 0 Å². The molecule has 23 heavy (non-hydrogen) atoms. The molecule has 0 aliphatic carbocycles. The highest BCUT2D eigenvalue weighted by Gasteiger charge is 2.32. The molecule has 2 aromatic rings. The number of aromatic nitrogens is 1. The Kier molecular flexibility index (Phi) is 4.22. The molecule has 0 saturated carbocycles. The molecule has 3 nitrogen and oxygen atoms in total. The number of aromatic amines is 1. The Balaban J connectivity index is 1.79. The Labute approximate surface area is 139 Å². The molecule has 1 unspecified atom stereocenters. The first-order valence-corrected chi connectivity index (χ1v) is 8.71. The van der Waals surface area contributed by atoms with Gasteiger partial charge in [-0.2, -0.15) is 0 Å². The number of carbonyl (C=O) groups excluding carboxylic acids is 1. The number of aryl methyl sites for hydroxylation is 1. The van der Waals surface area contributed by atoms with Crippen molar-refractivity contribution in [2.24, 2.45) is 5.41 Å². The highest BCUT2D eigenvalue weighted by molar-refractivity contribution is 5.90. The molecule has 2 heterocycles. The van der Waals surface area contributed by atoms with Crippen LogP contribution in [-0.2, 0) is 11.2 Å². The molecule has 1 atom stereocenters. The number of nitrogens with one attached hydrogen (secondary N) is 1. The van der Waals surface area contributed by atoms with Gasteiger partial charge in [-0.15, -0.1) is 0 Å². The SMILES string of the molecule is Cc1[nH]c2ccccc2c1CC(=O)N1CCCC1CC(C)(C)C. The molecule has 0 spiro atoms. The quantitative estimate of drug-likeness (QED) is 0.893. The van der Waals surface area contributed by atoms with Crippen molar-refractivity contribution in [3.05, 3.63) is 35.5 Å². The van der Waals surface area contributed by atoms with Gasteiger partial charge in [0.1, 0.15) is 0 Å². The summed E-state index contributed by atoms with van der Waals surface area (Å²) in [6.07, 6.45) is 3.89. The Morgan fingerprint density at radius 2 is 2.04 bits per heavy atom. The van der Waals surface area contributed by atoms with Gasteiger partial charge in [0.05, 0.1) is 6.42 Å². The Bertz CT molecular complexity index is 708. The van der Waals surface area contributed by atoms with Gasteiger partial charge in [0.2, 0.25) is 5.91 Å². The van der Waals surface area contributed by atoms with Gasteiger partial charge in [-0.3, -0.25) is 4.79 Å². The van der Waals surface area contributed by atoms with Crippen molar-refractivity contribution in [2.75, 3.05) is 6.54 Å². The van der Waals surface area contributed by atoms with Gasteiger partial charge in [0, 0.05) is 29.2 Å². The number of benzene rings is 1. The summed E-state index contributed by atoms with van der Waals surface area (Å²) >= 11 is 0. The first kappa shape index (κ1) is 16.1. The van der Waals surface area contributed by atoms with E-state index >= 15 is 0 Å². The zero-order valence-corrected chi connectivity index (χ0v) is 14.8. The van der Waals surface area contributed by atoms with E-state index < -0.39 is 0 Å². The van der Waals surface area contributed by atoms with Gasteiger partial charge in [0.15, 0.2) is 0 Å². The normalized spacial score (nSPS) is 18.8. The third-order valence-electron chi connectivity index (χ3n) is 4.90. The number of fused-ring (bicyclic) bond motifs is 1. The van der Waals surface area contributed by atoms with Gasteiger partial charge >= 0.3 is 0 Å². The first-order valence-electron chi connectivity index (χ1n) is 8.71. The standard InChI is InChI=1S/C20H28N2O/c1-14-17(16-9-5-6-10-18(16)21-14)12-19(23)22-11-7-8-15(22)13-20(2,3)4/h5-6,9-10,15,21H,7-8,11-13H2,1-4H3. The molecule has 1 aliphatic heterocycles. The minimum absolute atomic E-state index is 0.268. The van der Waals surface area contributed by atoms with Gasteiger partial charge < -0.3 is 9.88 Å². The largest absolute Gasteiger partial charge is 0.358 e. The molecule has 1 N–H and O–H groups in total. The number of likely N-dealkylation sites (tertiary alicyclic amines) is 1. The second kappa shape index (κ2) is 6.03. The fraction of sp³-hybridized carbons (Fsp3) is 0.550. The Morgan fingerprint density at radius 3 is 2.78 bits per heavy atom. The van der Waals surface area contributed by atoms with E-state index in [0.717, 1.165) is 42.6 Å². The van der Waals surface area contributed by atoms with Crippen molar-refractivity contribution in [1.82, 2.24) is 9.88 Å². The van der Waals surface area contributed by atoms with E-state index in [-0.39, 0.29) is 11.3 Å². The van der Waals surface area contributed by atoms with E-state index in [0.29, 0.717) is 12.5 Å². The van der Waals surface area contributed by atoms with E-state index in [2.05, 4.69) is 49.7 Å². The lowest BCUT2D eigenvalue weighted by Gasteiger charge is -2.30. The molecule has 3 rings (SSSR count). The summed E-state index contributed by atoms with van der Waals surface area (Å²) in [5.41, 5.74) is 3.67. The van der Waals surface area contributed by atoms with Gasteiger partial charge in [-0.1, -0.05) is 39.0 Å². The highest BCUT2D eigenvalue weighted by atomic mass is 16.2. The highest BCUT2D eigenvalue weighted by Crippen LogP contribution is 2.31. The van der Waals surface area contributed by atoms with Crippen LogP contribution >= 0.6 is 0 Å². The molecule has 1 aromatic carbocycles. The van der Waals surface area contributed by atoms with Crippen molar-refractivity contribution in [3.63, 3.8) is 0 Å². The van der Waals surface area contributed by atoms with Crippen LogP contribution in [0.15, 0.2) is 24.3 Å². The van der Waals surface area contributed by atoms with Crippen LogP contribution in [0.1, 0.15) is 51.3 Å². The molecular weight excluding hydrogens is 284 g/mol. The molecule has 0 bridgehead atoms. The van der Waals surface area contributed by atoms with Crippen molar-refractivity contribution >= 4 is 16.8 Å². The Morgan fingerprint density at radius 1 is 1.30 bits per heavy atom. The minimum atomic E-state index is 0.268. The summed E-state index contributed by atoms with van der Waals surface area (Å²) in [5.74, 6) is 0.282. The van der Waals surface area contributed by atoms with Crippen molar-refractivity contribution < 1.29 is 4.79 Å². The smallest absolute Gasteiger partial charge is 0.227 e. The fourth-order valence-electron chi connectivity index (χ4n) is 3.90. The number of carbonyl (C=O) groups is 1. The maximum atomic E-state index is 12.9. The molecule has 3 heteroatoms. The lowest BCUT2D eigenvalue weighted by atomic mass is 9.87. The second-order valence-electron chi connectivity index (χ2n) is 8.10. The monoisotopic (exact) mass is 312 g/mol. The maximum absolute atomic E-state index is 12.9. The third-order valence-corrected chi connectivity index (χ3v) is 4.90. The average Bonchev–Trinajstić information content (AvgIpc) is 3.02. The van der Waals surface area contributed by atoms with Crippen LogP contribution in [0.3, 0.4) is 0 Å². The van der Waals surface area contributed by atoms with Crippen LogP contribution in [0.25, 0.3) is 10.9 Å². The summed E-state index contributed by atoms with van der Waals surface area (Å²) in [5, 5.41) is 1.19. The molecule has 1 fully saturated rings. The lowest BCUT2D eigenvalue weighted by molar-refractivity contribution is -0.131. The van der Waals surface area contributed by atoms with E-state index in [4.69, 9.17) is 0 Å². The predicted molar refractivity (Wildman–Crippen MR) is 95.5 cm³/mol. The van der Waals surface area contributed by atoms with Crippen LogP contribution < -0.4 is 0 Å². The predicted octanol–water partition coefficient (Wildman–Crippen LogP) is 4.45. The molecule has 1 saturated heterocycles. The van der Waals surface area contributed by atoms with E-state index in [1.54, 1.807) is 0 Å². The molecule has 124 valence electrons. The van der Waals surface area contributed by atoms with Crippen LogP contribution in [0, 0.1) is 12.3 Å². The van der Waals surface area contributed by atoms with Crippen LogP contribution in [-0.4, -0.2) is 28.4 Å². The van der Waals surface area contributed by atoms with E-state index in [9.17, 15) is 4.79 Å². The topological polar surface area (TPSA) is 36.1 Å². The first-order chi connectivity index (χ1) is 10.8. The Hall–Kier alpha value is -1.77. The summed E-state index contributed by atoms with van der Waals surface area (Å²) in [7, 11) is 0. The minimum Gasteiger partial charge on any atom is -0.358 e. The van der Waals surface area contributed by atoms with Crippen molar-refractivity contribution in [1.29, 1.82) is 0 Å². The zero-order valence-electron chi connectivity index (χ0n) is 14.8. The number of amides is 1. The lowest BCUT2D eigenvalue weighted by Crippen LogP contribution is -2.38. The summed E-state index contributed by atoms with van der Waals surface area (Å²) in [4.78, 5) is 18.5. The average molecular weight is 312 g/mol. The van der Waals surface area contributed by atoms with Crippen molar-refractivity contribution in [3.8, 4) is 0 Å². The van der Waals surface area contributed by atoms with Gasteiger partial charge in [-0.05, 0) is 43.2 Å². The summed E-state index contributed by atoms with van der Waals surface area (Å²) < 4.78 is 0. The number of nitrogens with zero attached hydrogens (tertiary/aromatic N) is 1. The number of para-hydroxylation sites is 1.